The highest BCUT2D eigenvalue weighted by atomic mass is 16.2. The molecule has 4 amide bonds. The second-order valence-electron chi connectivity index (χ2n) is 8.86. The van der Waals surface area contributed by atoms with Crippen LogP contribution in [0.1, 0.15) is 16.7 Å². The highest BCUT2D eigenvalue weighted by molar-refractivity contribution is 6.06. The number of aromatic nitrogens is 2. The molecular formula is C25H22N6O3. The lowest BCUT2D eigenvalue weighted by Crippen LogP contribution is -2.37. The van der Waals surface area contributed by atoms with E-state index in [1.807, 2.05) is 36.4 Å². The van der Waals surface area contributed by atoms with E-state index < -0.39 is 5.41 Å². The fourth-order valence-electron chi connectivity index (χ4n) is 5.17. The molecule has 1 saturated heterocycles. The Kier molecular flexibility index (Phi) is 4.58. The Labute approximate surface area is 195 Å². The average Bonchev–Trinajstić information content (AvgIpc) is 3.48. The lowest BCUT2D eigenvalue weighted by Gasteiger charge is -2.20. The van der Waals surface area contributed by atoms with Crippen molar-refractivity contribution in [2.45, 2.75) is 18.3 Å². The van der Waals surface area contributed by atoms with Crippen molar-refractivity contribution in [1.82, 2.24) is 14.9 Å². The molecule has 0 saturated carbocycles. The molecule has 1 aromatic carbocycles. The molecule has 2 aromatic heterocycles. The maximum atomic E-state index is 12.9. The van der Waals surface area contributed by atoms with E-state index in [-0.39, 0.29) is 24.4 Å². The van der Waals surface area contributed by atoms with Gasteiger partial charge < -0.3 is 15.5 Å². The largest absolute Gasteiger partial charge is 0.326 e. The number of fused-ring (bicyclic) bond motifs is 3. The van der Waals surface area contributed by atoms with Crippen LogP contribution in [0.2, 0.25) is 0 Å². The van der Waals surface area contributed by atoms with Gasteiger partial charge in [0.2, 0.25) is 11.8 Å². The molecule has 0 radical (unpaired) electrons. The lowest BCUT2D eigenvalue weighted by atomic mass is 9.79. The minimum absolute atomic E-state index is 0.0343. The summed E-state index contributed by atoms with van der Waals surface area (Å²) in [5.41, 5.74) is 3.05. The maximum Gasteiger partial charge on any atom is 0.326 e. The average molecular weight is 454 g/mol. The summed E-state index contributed by atoms with van der Waals surface area (Å²) in [5.74, 6) is 0.907. The van der Waals surface area contributed by atoms with Crippen molar-refractivity contribution < 1.29 is 14.4 Å². The zero-order valence-corrected chi connectivity index (χ0v) is 18.3. The molecule has 34 heavy (non-hydrogen) atoms. The topological polar surface area (TPSA) is 108 Å². The van der Waals surface area contributed by atoms with Gasteiger partial charge in [0.1, 0.15) is 18.2 Å². The molecule has 3 aromatic rings. The van der Waals surface area contributed by atoms with E-state index in [9.17, 15) is 14.4 Å². The summed E-state index contributed by atoms with van der Waals surface area (Å²) in [6, 6.07) is 14.7. The number of carbonyl (C=O) groups excluding carboxylic acids is 3. The molecule has 2 aliphatic heterocycles. The lowest BCUT2D eigenvalue weighted by molar-refractivity contribution is -0.120. The Balaban J connectivity index is 1.14. The number of nitrogens with one attached hydrogen (secondary N) is 2. The summed E-state index contributed by atoms with van der Waals surface area (Å²) in [5, 5.41) is 5.81. The summed E-state index contributed by atoms with van der Waals surface area (Å²) in [7, 11) is 0. The number of anilines is 3. The number of urea groups is 1. The van der Waals surface area contributed by atoms with Gasteiger partial charge >= 0.3 is 6.03 Å². The van der Waals surface area contributed by atoms with Gasteiger partial charge in [0.15, 0.2) is 0 Å². The molecule has 9 nitrogen and oxygen atoms in total. The highest BCUT2D eigenvalue weighted by Gasteiger charge is 2.51. The molecule has 1 unspecified atom stereocenters. The molecule has 1 spiro atoms. The summed E-state index contributed by atoms with van der Waals surface area (Å²) in [4.78, 5) is 49.9. The third-order valence-corrected chi connectivity index (χ3v) is 6.82. The van der Waals surface area contributed by atoms with Crippen molar-refractivity contribution in [3.05, 3.63) is 77.6 Å². The van der Waals surface area contributed by atoms with Crippen LogP contribution in [-0.2, 0) is 27.8 Å². The van der Waals surface area contributed by atoms with Gasteiger partial charge in [-0.15, -0.1) is 0 Å². The highest BCUT2D eigenvalue weighted by Crippen LogP contribution is 2.46. The first-order valence-corrected chi connectivity index (χ1v) is 11.2. The van der Waals surface area contributed by atoms with Crippen LogP contribution in [0.15, 0.2) is 60.9 Å². The zero-order valence-electron chi connectivity index (χ0n) is 18.3. The second kappa shape index (κ2) is 7.65. The zero-order chi connectivity index (χ0) is 23.3. The van der Waals surface area contributed by atoms with E-state index in [1.54, 1.807) is 29.4 Å². The Morgan fingerprint density at radius 3 is 2.71 bits per heavy atom. The second-order valence-corrected chi connectivity index (χ2v) is 8.86. The smallest absolute Gasteiger partial charge is 0.325 e. The number of benzene rings is 1. The molecule has 1 atom stereocenters. The van der Waals surface area contributed by atoms with Crippen LogP contribution in [0.3, 0.4) is 0 Å². The molecule has 4 heterocycles. The third kappa shape index (κ3) is 3.20. The van der Waals surface area contributed by atoms with Crippen molar-refractivity contribution in [3.63, 3.8) is 0 Å². The van der Waals surface area contributed by atoms with Gasteiger partial charge in [-0.2, -0.15) is 0 Å². The quantitative estimate of drug-likeness (QED) is 0.629. The Hall–Kier alpha value is -4.27. The van der Waals surface area contributed by atoms with E-state index in [1.165, 1.54) is 4.90 Å². The monoisotopic (exact) mass is 454 g/mol. The van der Waals surface area contributed by atoms with Crippen LogP contribution in [0.25, 0.3) is 0 Å². The summed E-state index contributed by atoms with van der Waals surface area (Å²) in [6.45, 7) is 0.908. The fraction of sp³-hybridized carbons (Fsp3) is 0.240. The molecular weight excluding hydrogens is 432 g/mol. The first-order chi connectivity index (χ1) is 16.5. The molecule has 0 bridgehead atoms. The predicted octanol–water partition coefficient (Wildman–Crippen LogP) is 2.35. The first kappa shape index (κ1) is 20.3. The van der Waals surface area contributed by atoms with Gasteiger partial charge in [0.25, 0.3) is 0 Å². The van der Waals surface area contributed by atoms with Crippen LogP contribution in [0.4, 0.5) is 22.1 Å². The minimum atomic E-state index is -0.647. The van der Waals surface area contributed by atoms with E-state index >= 15 is 0 Å². The SMILES string of the molecule is O=C(CN1CCN(c2ccccn2)C1=O)Nc1ccc2c(c1)CC1(C2)C(=O)Nc2ncccc21. The first-order valence-electron chi connectivity index (χ1n) is 11.2. The number of amides is 4. The van der Waals surface area contributed by atoms with Gasteiger partial charge in [-0.1, -0.05) is 18.2 Å². The number of pyridine rings is 2. The summed E-state index contributed by atoms with van der Waals surface area (Å²) in [6.07, 6.45) is 4.47. The molecule has 3 aliphatic rings. The number of rotatable bonds is 4. The predicted molar refractivity (Wildman–Crippen MR) is 126 cm³/mol. The standard InChI is InChI=1S/C25H22N6O3/c32-21(15-30-10-11-31(24(30)34)20-5-1-2-8-26-20)28-18-7-6-16-13-25(14-17(16)12-18)19-4-3-9-27-22(19)29-23(25)33/h1-9,12H,10-11,13-15H2,(H,28,32)(H,27,29,33). The van der Waals surface area contributed by atoms with E-state index in [0.29, 0.717) is 43.3 Å². The fourth-order valence-corrected chi connectivity index (χ4v) is 5.17. The maximum absolute atomic E-state index is 12.9. The Morgan fingerprint density at radius 1 is 1.00 bits per heavy atom. The van der Waals surface area contributed by atoms with Crippen molar-refractivity contribution in [2.24, 2.45) is 0 Å². The summed E-state index contributed by atoms with van der Waals surface area (Å²) < 4.78 is 0. The van der Waals surface area contributed by atoms with Crippen LogP contribution in [0.5, 0.6) is 0 Å². The Morgan fingerprint density at radius 2 is 1.85 bits per heavy atom. The number of hydrogen-bond acceptors (Lipinski definition) is 5. The van der Waals surface area contributed by atoms with Gasteiger partial charge in [-0.05, 0) is 54.3 Å². The van der Waals surface area contributed by atoms with Gasteiger partial charge in [0, 0.05) is 36.7 Å². The number of hydrogen-bond donors (Lipinski definition) is 2. The Bertz CT molecular complexity index is 1330. The molecule has 1 aliphatic carbocycles. The van der Waals surface area contributed by atoms with Crippen molar-refractivity contribution in [1.29, 1.82) is 0 Å². The summed E-state index contributed by atoms with van der Waals surface area (Å²) >= 11 is 0. The van der Waals surface area contributed by atoms with E-state index in [4.69, 9.17) is 0 Å². The van der Waals surface area contributed by atoms with Crippen LogP contribution < -0.4 is 15.5 Å². The van der Waals surface area contributed by atoms with Gasteiger partial charge in [-0.3, -0.25) is 14.5 Å². The van der Waals surface area contributed by atoms with Gasteiger partial charge in [0.05, 0.1) is 5.41 Å². The van der Waals surface area contributed by atoms with Crippen molar-refractivity contribution in [3.8, 4) is 0 Å². The van der Waals surface area contributed by atoms with Crippen LogP contribution in [-0.4, -0.2) is 52.3 Å². The number of carbonyl (C=O) groups is 3. The number of nitrogens with zero attached hydrogens (tertiary/aromatic N) is 4. The molecule has 9 heteroatoms. The van der Waals surface area contributed by atoms with Crippen LogP contribution in [0, 0.1) is 0 Å². The third-order valence-electron chi connectivity index (χ3n) is 6.82. The van der Waals surface area contributed by atoms with E-state index in [2.05, 4.69) is 20.6 Å². The molecule has 2 N–H and O–H groups in total. The van der Waals surface area contributed by atoms with Gasteiger partial charge in [-0.25, -0.2) is 14.8 Å². The minimum Gasteiger partial charge on any atom is -0.325 e. The molecule has 170 valence electrons. The normalized spacial score (nSPS) is 20.5. The molecule has 1 fully saturated rings. The van der Waals surface area contributed by atoms with E-state index in [0.717, 1.165) is 16.7 Å². The van der Waals surface area contributed by atoms with Crippen LogP contribution >= 0.6 is 0 Å². The molecule has 6 rings (SSSR count). The van der Waals surface area contributed by atoms with Crippen molar-refractivity contribution in [2.75, 3.05) is 35.2 Å². The van der Waals surface area contributed by atoms with Crippen molar-refractivity contribution >= 4 is 35.2 Å².